The summed E-state index contributed by atoms with van der Waals surface area (Å²) in [5.74, 6) is 1.08. The van der Waals surface area contributed by atoms with Gasteiger partial charge in [-0.2, -0.15) is 5.26 Å². The van der Waals surface area contributed by atoms with Gasteiger partial charge in [-0.3, -0.25) is 0 Å². The van der Waals surface area contributed by atoms with E-state index >= 15 is 0 Å². The van der Waals surface area contributed by atoms with E-state index in [2.05, 4.69) is 42.8 Å². The van der Waals surface area contributed by atoms with Crippen LogP contribution in [0, 0.1) is 11.3 Å². The number of nitrogens with zero attached hydrogens (tertiary/aromatic N) is 1. The number of nitrogens with two attached hydrogens (primary N) is 1. The Balaban J connectivity index is 2.28. The number of rotatable bonds is 4. The molecule has 2 nitrogen and oxygen atoms in total. The second-order valence-electron chi connectivity index (χ2n) is 4.70. The Morgan fingerprint density at radius 2 is 1.90 bits per heavy atom. The maximum Gasteiger partial charge on any atom is 0.133 e. The van der Waals surface area contributed by atoms with Crippen molar-refractivity contribution in [2.24, 2.45) is 0 Å². The molecule has 2 aromatic carbocycles. The molecule has 2 N–H and O–H groups in total. The number of nitrogen functional groups attached to an aromatic ring is 1. The summed E-state index contributed by atoms with van der Waals surface area (Å²) in [6.07, 6.45) is 4.50. The minimum Gasteiger partial charge on any atom is -0.398 e. The van der Waals surface area contributed by atoms with Crippen molar-refractivity contribution >= 4 is 28.3 Å². The van der Waals surface area contributed by atoms with Gasteiger partial charge in [-0.1, -0.05) is 30.0 Å². The van der Waals surface area contributed by atoms with Gasteiger partial charge in [-0.25, -0.2) is 0 Å². The van der Waals surface area contributed by atoms with Crippen molar-refractivity contribution in [2.75, 3.05) is 18.2 Å². The molecule has 0 radical (unpaired) electrons. The molecule has 20 heavy (non-hydrogen) atoms. The van der Waals surface area contributed by atoms with Crippen LogP contribution in [-0.2, 0) is 16.6 Å². The van der Waals surface area contributed by atoms with Crippen LogP contribution in [0.5, 0.6) is 0 Å². The molecule has 0 unspecified atom stereocenters. The fraction of sp³-hybridized carbons (Fsp3) is 0.188. The van der Waals surface area contributed by atoms with Crippen molar-refractivity contribution in [2.45, 2.75) is 15.5 Å². The van der Waals surface area contributed by atoms with Gasteiger partial charge in [0.2, 0.25) is 0 Å². The quantitative estimate of drug-likeness (QED) is 0.692. The summed E-state index contributed by atoms with van der Waals surface area (Å²) in [5, 5.41) is 8.87. The van der Waals surface area contributed by atoms with Crippen molar-refractivity contribution in [3.63, 3.8) is 0 Å². The molecule has 0 spiro atoms. The molecule has 0 aliphatic heterocycles. The maximum atomic E-state index is 8.87. The van der Waals surface area contributed by atoms with Gasteiger partial charge in [0.25, 0.3) is 0 Å². The third-order valence-electron chi connectivity index (χ3n) is 2.78. The fourth-order valence-corrected chi connectivity index (χ4v) is 3.80. The summed E-state index contributed by atoms with van der Waals surface area (Å²) >= 11 is 1.67. The Morgan fingerprint density at radius 1 is 1.15 bits per heavy atom. The minimum atomic E-state index is 0.367. The normalized spacial score (nSPS) is 10.5. The zero-order chi connectivity index (χ0) is 14.5. The monoisotopic (exact) mass is 301 g/mol. The standard InChI is InChI=1S/C16H17N2S2/c1-20(2)11-13-5-3-4-6-15(13)19-16-8-7-12(10-17)9-14(16)18/h3-9H,11,18H2,1-2H3/q+1. The maximum absolute atomic E-state index is 8.87. The van der Waals surface area contributed by atoms with Crippen LogP contribution < -0.4 is 5.73 Å². The number of nitriles is 1. The fourth-order valence-electron chi connectivity index (χ4n) is 1.86. The lowest BCUT2D eigenvalue weighted by Crippen LogP contribution is -2.00. The average molecular weight is 301 g/mol. The van der Waals surface area contributed by atoms with Crippen molar-refractivity contribution < 1.29 is 0 Å². The van der Waals surface area contributed by atoms with Crippen LogP contribution in [0.3, 0.4) is 0 Å². The van der Waals surface area contributed by atoms with E-state index in [-0.39, 0.29) is 0 Å². The summed E-state index contributed by atoms with van der Waals surface area (Å²) in [7, 11) is 0.367. The molecule has 2 rings (SSSR count). The first kappa shape index (κ1) is 14.8. The van der Waals surface area contributed by atoms with Gasteiger partial charge in [-0.15, -0.1) is 0 Å². The van der Waals surface area contributed by atoms with E-state index in [1.54, 1.807) is 17.8 Å². The number of hydrogen-bond acceptors (Lipinski definition) is 3. The van der Waals surface area contributed by atoms with E-state index in [0.717, 1.165) is 10.6 Å². The topological polar surface area (TPSA) is 49.8 Å². The van der Waals surface area contributed by atoms with Crippen LogP contribution in [0.1, 0.15) is 11.1 Å². The van der Waals surface area contributed by atoms with Gasteiger partial charge in [0, 0.05) is 21.0 Å². The highest BCUT2D eigenvalue weighted by Crippen LogP contribution is 2.35. The zero-order valence-electron chi connectivity index (χ0n) is 11.6. The Kier molecular flexibility index (Phi) is 4.99. The predicted octanol–water partition coefficient (Wildman–Crippen LogP) is 3.67. The molecule has 0 heterocycles. The molecule has 0 aliphatic rings. The second-order valence-corrected chi connectivity index (χ2v) is 8.05. The smallest absolute Gasteiger partial charge is 0.133 e. The first-order chi connectivity index (χ1) is 9.60. The molecule has 4 heteroatoms. The van der Waals surface area contributed by atoms with Crippen molar-refractivity contribution in [3.8, 4) is 6.07 Å². The zero-order valence-corrected chi connectivity index (χ0v) is 13.2. The predicted molar refractivity (Wildman–Crippen MR) is 89.1 cm³/mol. The first-order valence-corrected chi connectivity index (χ1v) is 9.22. The van der Waals surface area contributed by atoms with Crippen LogP contribution in [0.4, 0.5) is 5.69 Å². The Hall–Kier alpha value is -1.57. The Bertz CT molecular complexity index is 645. The van der Waals surface area contributed by atoms with E-state index in [1.165, 1.54) is 10.5 Å². The highest BCUT2D eigenvalue weighted by atomic mass is 32.2. The summed E-state index contributed by atoms with van der Waals surface area (Å²) in [6.45, 7) is 0. The molecule has 0 atom stereocenters. The van der Waals surface area contributed by atoms with E-state index in [0.29, 0.717) is 22.1 Å². The minimum absolute atomic E-state index is 0.367. The molecule has 0 aromatic heterocycles. The highest BCUT2D eigenvalue weighted by molar-refractivity contribution is 7.99. The van der Waals surface area contributed by atoms with Crippen LogP contribution in [-0.4, -0.2) is 12.5 Å². The lowest BCUT2D eigenvalue weighted by Gasteiger charge is -2.09. The SMILES string of the molecule is C[S+](C)Cc1ccccc1Sc1ccc(C#N)cc1N. The van der Waals surface area contributed by atoms with E-state index in [9.17, 15) is 0 Å². The third-order valence-corrected chi connectivity index (χ3v) is 4.87. The molecule has 102 valence electrons. The van der Waals surface area contributed by atoms with Crippen LogP contribution in [0.25, 0.3) is 0 Å². The van der Waals surface area contributed by atoms with Gasteiger partial charge >= 0.3 is 0 Å². The number of hydrogen-bond donors (Lipinski definition) is 1. The van der Waals surface area contributed by atoms with E-state index in [1.807, 2.05) is 12.1 Å². The number of benzene rings is 2. The third kappa shape index (κ3) is 3.72. The lowest BCUT2D eigenvalue weighted by atomic mass is 10.2. The second kappa shape index (κ2) is 6.74. The van der Waals surface area contributed by atoms with Gasteiger partial charge < -0.3 is 5.73 Å². The van der Waals surface area contributed by atoms with Gasteiger partial charge in [0.1, 0.15) is 5.75 Å². The Labute approximate surface area is 127 Å². The molecule has 0 aliphatic carbocycles. The lowest BCUT2D eigenvalue weighted by molar-refractivity contribution is 1.26. The number of anilines is 1. The van der Waals surface area contributed by atoms with Crippen LogP contribution in [0.15, 0.2) is 52.3 Å². The summed E-state index contributed by atoms with van der Waals surface area (Å²) in [6, 6.07) is 16.0. The Morgan fingerprint density at radius 3 is 2.55 bits per heavy atom. The highest BCUT2D eigenvalue weighted by Gasteiger charge is 2.11. The van der Waals surface area contributed by atoms with E-state index in [4.69, 9.17) is 11.0 Å². The molecule has 0 saturated carbocycles. The first-order valence-electron chi connectivity index (χ1n) is 6.19. The average Bonchev–Trinajstić information content (AvgIpc) is 2.42. The molecule has 0 fully saturated rings. The van der Waals surface area contributed by atoms with Gasteiger partial charge in [0.15, 0.2) is 0 Å². The summed E-state index contributed by atoms with van der Waals surface area (Å²) in [5.41, 5.74) is 8.65. The molecular formula is C16H17N2S2+. The van der Waals surface area contributed by atoms with Crippen LogP contribution >= 0.6 is 11.8 Å². The van der Waals surface area contributed by atoms with Crippen molar-refractivity contribution in [1.29, 1.82) is 5.26 Å². The van der Waals surface area contributed by atoms with Crippen molar-refractivity contribution in [1.82, 2.24) is 0 Å². The summed E-state index contributed by atoms with van der Waals surface area (Å²) in [4.78, 5) is 2.24. The van der Waals surface area contributed by atoms with Crippen LogP contribution in [0.2, 0.25) is 0 Å². The molecule has 0 bridgehead atoms. The van der Waals surface area contributed by atoms with E-state index < -0.39 is 0 Å². The van der Waals surface area contributed by atoms with Gasteiger partial charge in [-0.05, 0) is 35.2 Å². The van der Waals surface area contributed by atoms with Crippen molar-refractivity contribution in [3.05, 3.63) is 53.6 Å². The largest absolute Gasteiger partial charge is 0.398 e. The van der Waals surface area contributed by atoms with Gasteiger partial charge in [0.05, 0.1) is 24.1 Å². The molecule has 0 amide bonds. The molecular weight excluding hydrogens is 284 g/mol. The molecule has 2 aromatic rings. The summed E-state index contributed by atoms with van der Waals surface area (Å²) < 4.78 is 0. The molecule has 0 saturated heterocycles.